The van der Waals surface area contributed by atoms with E-state index in [-0.39, 0.29) is 0 Å². The van der Waals surface area contributed by atoms with Crippen LogP contribution in [0.5, 0.6) is 0 Å². The van der Waals surface area contributed by atoms with Crippen molar-refractivity contribution in [3.8, 4) is 0 Å². The average Bonchev–Trinajstić information content (AvgIpc) is 2.40. The van der Waals surface area contributed by atoms with E-state index in [0.29, 0.717) is 11.8 Å². The van der Waals surface area contributed by atoms with E-state index in [2.05, 4.69) is 24.3 Å². The van der Waals surface area contributed by atoms with Gasteiger partial charge in [0, 0.05) is 21.6 Å². The van der Waals surface area contributed by atoms with Gasteiger partial charge in [0.2, 0.25) is 0 Å². The Bertz CT molecular complexity index is 483. The van der Waals surface area contributed by atoms with Crippen molar-refractivity contribution in [2.75, 3.05) is 0 Å². The van der Waals surface area contributed by atoms with Crippen molar-refractivity contribution in [2.24, 2.45) is 0 Å². The second-order valence-electron chi connectivity index (χ2n) is 3.62. The molecule has 0 aliphatic carbocycles. The third kappa shape index (κ3) is 3.41. The molecule has 0 aliphatic rings. The van der Waals surface area contributed by atoms with Crippen LogP contribution in [0.3, 0.4) is 0 Å². The first-order chi connectivity index (χ1) is 8.33. The van der Waals surface area contributed by atoms with Gasteiger partial charge in [-0.15, -0.1) is 23.2 Å². The molecule has 0 saturated carbocycles. The Morgan fingerprint density at radius 2 is 1.65 bits per heavy atom. The van der Waals surface area contributed by atoms with Gasteiger partial charge < -0.3 is 0 Å². The molecule has 88 valence electrons. The Labute approximate surface area is 116 Å². The Morgan fingerprint density at radius 3 is 2.29 bits per heavy atom. The summed E-state index contributed by atoms with van der Waals surface area (Å²) in [6.07, 6.45) is 0. The molecule has 0 amide bonds. The maximum absolute atomic E-state index is 5.97. The van der Waals surface area contributed by atoms with Crippen molar-refractivity contribution >= 4 is 35.0 Å². The van der Waals surface area contributed by atoms with Crippen LogP contribution in [0.15, 0.2) is 58.3 Å². The van der Waals surface area contributed by atoms with Crippen LogP contribution in [0.4, 0.5) is 0 Å². The zero-order valence-corrected chi connectivity index (χ0v) is 11.5. The summed E-state index contributed by atoms with van der Waals surface area (Å²) in [7, 11) is 0. The van der Waals surface area contributed by atoms with Crippen LogP contribution in [-0.4, -0.2) is 0 Å². The Kier molecular flexibility index (Phi) is 4.78. The molecule has 2 aromatic carbocycles. The van der Waals surface area contributed by atoms with Crippen molar-refractivity contribution in [1.29, 1.82) is 0 Å². The lowest BCUT2D eigenvalue weighted by atomic mass is 10.2. The van der Waals surface area contributed by atoms with Crippen LogP contribution in [0.1, 0.15) is 11.1 Å². The minimum Gasteiger partial charge on any atom is -0.122 e. The fourth-order valence-corrected chi connectivity index (χ4v) is 2.95. The first-order valence-corrected chi connectivity index (χ1v) is 7.18. The van der Waals surface area contributed by atoms with Crippen molar-refractivity contribution in [3.05, 3.63) is 59.7 Å². The SMILES string of the molecule is ClCc1ccc(Sc2ccccc2)c(CCl)c1. The molecular weight excluding hydrogens is 271 g/mol. The molecule has 0 atom stereocenters. The number of rotatable bonds is 4. The maximum atomic E-state index is 5.97. The summed E-state index contributed by atoms with van der Waals surface area (Å²) in [4.78, 5) is 2.41. The Morgan fingerprint density at radius 1 is 0.882 bits per heavy atom. The van der Waals surface area contributed by atoms with Crippen molar-refractivity contribution in [1.82, 2.24) is 0 Å². The predicted molar refractivity (Wildman–Crippen MR) is 76.1 cm³/mol. The van der Waals surface area contributed by atoms with Gasteiger partial charge in [0.05, 0.1) is 0 Å². The highest BCUT2D eigenvalue weighted by Gasteiger charge is 2.04. The molecule has 0 fully saturated rings. The number of alkyl halides is 2. The van der Waals surface area contributed by atoms with Crippen LogP contribution < -0.4 is 0 Å². The topological polar surface area (TPSA) is 0 Å². The first-order valence-electron chi connectivity index (χ1n) is 5.30. The minimum atomic E-state index is 0.514. The van der Waals surface area contributed by atoms with E-state index < -0.39 is 0 Å². The summed E-state index contributed by atoms with van der Waals surface area (Å²) in [6.45, 7) is 0. The second-order valence-corrected chi connectivity index (χ2v) is 5.27. The summed E-state index contributed by atoms with van der Waals surface area (Å²) in [5.74, 6) is 1.04. The molecule has 3 heteroatoms. The van der Waals surface area contributed by atoms with Gasteiger partial charge in [0.1, 0.15) is 0 Å². The molecule has 0 unspecified atom stereocenters. The lowest BCUT2D eigenvalue weighted by molar-refractivity contribution is 1.21. The standard InChI is InChI=1S/C14H12Cl2S/c15-9-11-6-7-14(12(8-11)10-16)17-13-4-2-1-3-5-13/h1-8H,9-10H2. The third-order valence-corrected chi connectivity index (χ3v) is 4.12. The van der Waals surface area contributed by atoms with Crippen LogP contribution >= 0.6 is 35.0 Å². The van der Waals surface area contributed by atoms with E-state index in [1.54, 1.807) is 11.8 Å². The van der Waals surface area contributed by atoms with Gasteiger partial charge >= 0.3 is 0 Å². The normalized spacial score (nSPS) is 10.5. The minimum absolute atomic E-state index is 0.514. The summed E-state index contributed by atoms with van der Waals surface area (Å²) in [6, 6.07) is 16.5. The highest BCUT2D eigenvalue weighted by atomic mass is 35.5. The van der Waals surface area contributed by atoms with Crippen LogP contribution in [0.25, 0.3) is 0 Å². The van der Waals surface area contributed by atoms with E-state index in [4.69, 9.17) is 23.2 Å². The van der Waals surface area contributed by atoms with Gasteiger partial charge in [-0.25, -0.2) is 0 Å². The second kappa shape index (κ2) is 6.34. The zero-order valence-electron chi connectivity index (χ0n) is 9.20. The van der Waals surface area contributed by atoms with Gasteiger partial charge in [-0.3, -0.25) is 0 Å². The van der Waals surface area contributed by atoms with Crippen LogP contribution in [-0.2, 0) is 11.8 Å². The summed E-state index contributed by atoms with van der Waals surface area (Å²) >= 11 is 13.5. The summed E-state index contributed by atoms with van der Waals surface area (Å²) in [5, 5.41) is 0. The van der Waals surface area contributed by atoms with Crippen LogP contribution in [0, 0.1) is 0 Å². The zero-order chi connectivity index (χ0) is 12.1. The Hall–Kier alpha value is -0.630. The van der Waals surface area contributed by atoms with E-state index in [0.717, 1.165) is 11.1 Å². The molecule has 0 spiro atoms. The summed E-state index contributed by atoms with van der Waals surface area (Å²) in [5.41, 5.74) is 2.25. The average molecular weight is 283 g/mol. The largest absolute Gasteiger partial charge is 0.122 e. The van der Waals surface area contributed by atoms with Gasteiger partial charge in [0.25, 0.3) is 0 Å². The predicted octanol–water partition coefficient (Wildman–Crippen LogP) is 5.32. The van der Waals surface area contributed by atoms with E-state index in [9.17, 15) is 0 Å². The molecule has 0 bridgehead atoms. The van der Waals surface area contributed by atoms with Crippen molar-refractivity contribution in [2.45, 2.75) is 21.6 Å². The molecule has 17 heavy (non-hydrogen) atoms. The molecular formula is C14H12Cl2S. The lowest BCUT2D eigenvalue weighted by Crippen LogP contribution is -1.87. The number of benzene rings is 2. The monoisotopic (exact) mass is 282 g/mol. The van der Waals surface area contributed by atoms with Gasteiger partial charge in [-0.2, -0.15) is 0 Å². The van der Waals surface area contributed by atoms with Crippen molar-refractivity contribution < 1.29 is 0 Å². The molecule has 2 aromatic rings. The smallest absolute Gasteiger partial charge is 0.0485 e. The number of hydrogen-bond donors (Lipinski definition) is 0. The van der Waals surface area contributed by atoms with Gasteiger partial charge in [-0.05, 0) is 29.3 Å². The first kappa shape index (κ1) is 12.8. The molecule has 0 saturated heterocycles. The van der Waals surface area contributed by atoms with Gasteiger partial charge in [-0.1, -0.05) is 42.1 Å². The van der Waals surface area contributed by atoms with Gasteiger partial charge in [0.15, 0.2) is 0 Å². The van der Waals surface area contributed by atoms with E-state index in [1.807, 2.05) is 24.3 Å². The van der Waals surface area contributed by atoms with Crippen molar-refractivity contribution in [3.63, 3.8) is 0 Å². The quantitative estimate of drug-likeness (QED) is 0.685. The lowest BCUT2D eigenvalue weighted by Gasteiger charge is -2.08. The third-order valence-electron chi connectivity index (χ3n) is 2.39. The number of hydrogen-bond acceptors (Lipinski definition) is 1. The molecule has 0 aromatic heterocycles. The maximum Gasteiger partial charge on any atom is 0.0485 e. The molecule has 0 N–H and O–H groups in total. The summed E-state index contributed by atoms with van der Waals surface area (Å²) < 4.78 is 0. The number of halogens is 2. The highest BCUT2D eigenvalue weighted by molar-refractivity contribution is 7.99. The molecule has 0 heterocycles. The fourth-order valence-electron chi connectivity index (χ4n) is 1.54. The van der Waals surface area contributed by atoms with Crippen LogP contribution in [0.2, 0.25) is 0 Å². The molecule has 0 radical (unpaired) electrons. The fraction of sp³-hybridized carbons (Fsp3) is 0.143. The molecule has 0 aliphatic heterocycles. The highest BCUT2D eigenvalue weighted by Crippen LogP contribution is 2.31. The molecule has 2 rings (SSSR count). The van der Waals surface area contributed by atoms with E-state index >= 15 is 0 Å². The Balaban J connectivity index is 2.26. The van der Waals surface area contributed by atoms with E-state index in [1.165, 1.54) is 9.79 Å². The molecule has 0 nitrogen and oxygen atoms in total.